The van der Waals surface area contributed by atoms with Crippen LogP contribution in [-0.4, -0.2) is 46.6 Å². The van der Waals surface area contributed by atoms with Gasteiger partial charge < -0.3 is 14.9 Å². The van der Waals surface area contributed by atoms with E-state index in [0.29, 0.717) is 4.90 Å². The van der Waals surface area contributed by atoms with Gasteiger partial charge in [-0.3, -0.25) is 0 Å². The van der Waals surface area contributed by atoms with Crippen LogP contribution in [0.25, 0.3) is 0 Å². The molecular weight excluding hydrogens is 203 g/mol. The van der Waals surface area contributed by atoms with E-state index < -0.39 is 4.92 Å². The molecule has 0 amide bonds. The predicted molar refractivity (Wildman–Crippen MR) is 50.4 cm³/mol. The summed E-state index contributed by atoms with van der Waals surface area (Å²) in [6, 6.07) is 1.44. The summed E-state index contributed by atoms with van der Waals surface area (Å²) >= 11 is 3.96. The fourth-order valence-electron chi connectivity index (χ4n) is 0.714. The van der Waals surface area contributed by atoms with Crippen LogP contribution in [0.15, 0.2) is 17.2 Å². The number of nitrogens with zero attached hydrogens (tertiary/aromatic N) is 2. The Morgan fingerprint density at radius 2 is 2.31 bits per heavy atom. The summed E-state index contributed by atoms with van der Waals surface area (Å²) in [5.74, 6) is -0.178. The fraction of sp³-hybridized carbons (Fsp3) is 0.167. The summed E-state index contributed by atoms with van der Waals surface area (Å²) in [6.07, 6.45) is 1.30. The predicted octanol–water partition coefficient (Wildman–Crippen LogP) is 0.906. The minimum Gasteiger partial charge on any atom is -0.489 e. The van der Waals surface area contributed by atoms with E-state index in [1.54, 1.807) is 0 Å². The van der Waals surface area contributed by atoms with Crippen molar-refractivity contribution in [1.82, 2.24) is 4.98 Å². The van der Waals surface area contributed by atoms with E-state index in [9.17, 15) is 10.1 Å². The van der Waals surface area contributed by atoms with Crippen LogP contribution in [0, 0.1) is 10.1 Å². The quantitative estimate of drug-likeness (QED) is 0.340. The summed E-state index contributed by atoms with van der Waals surface area (Å²) in [5, 5.41) is 10.3. The van der Waals surface area contributed by atoms with E-state index in [0.717, 1.165) is 0 Å². The number of pyridine rings is 1. The molecule has 65 valence electrons. The second kappa shape index (κ2) is 5.43. The molecule has 1 radical (unpaired) electrons. The summed E-state index contributed by atoms with van der Waals surface area (Å²) < 4.78 is 4.73. The van der Waals surface area contributed by atoms with Crippen LogP contribution in [0.1, 0.15) is 0 Å². The van der Waals surface area contributed by atoms with E-state index >= 15 is 0 Å². The molecule has 0 bridgehead atoms. The van der Waals surface area contributed by atoms with E-state index in [1.165, 1.54) is 19.4 Å². The van der Waals surface area contributed by atoms with Crippen molar-refractivity contribution in [3.8, 4) is 5.75 Å². The van der Waals surface area contributed by atoms with Crippen LogP contribution in [0.3, 0.4) is 0 Å². The molecule has 1 aromatic rings. The smallest absolute Gasteiger partial charge is 0.406 e. The first kappa shape index (κ1) is 12.7. The molecule has 0 aliphatic rings. The average Bonchev–Trinajstić information content (AvgIpc) is 2.03. The zero-order chi connectivity index (χ0) is 9.14. The summed E-state index contributed by atoms with van der Waals surface area (Å²) in [4.78, 5) is 13.8. The Hall–Kier alpha value is -0.300. The van der Waals surface area contributed by atoms with Gasteiger partial charge in [-0.05, 0) is 9.91 Å². The van der Waals surface area contributed by atoms with Gasteiger partial charge in [-0.25, -0.2) is 0 Å². The molecule has 0 unspecified atom stereocenters. The van der Waals surface area contributed by atoms with Crippen molar-refractivity contribution in [2.24, 2.45) is 0 Å². The van der Waals surface area contributed by atoms with Gasteiger partial charge in [0.25, 0.3) is 0 Å². The van der Waals surface area contributed by atoms with Gasteiger partial charge in [-0.1, -0.05) is 0 Å². The molecule has 7 heteroatoms. The van der Waals surface area contributed by atoms with Gasteiger partial charge in [0.2, 0.25) is 5.75 Å². The Morgan fingerprint density at radius 1 is 1.69 bits per heavy atom. The number of aromatic nitrogens is 1. The minimum atomic E-state index is -0.605. The van der Waals surface area contributed by atoms with Gasteiger partial charge in [-0.15, -0.1) is 12.6 Å². The third-order valence-electron chi connectivity index (χ3n) is 1.21. The molecule has 0 saturated carbocycles. The van der Waals surface area contributed by atoms with Gasteiger partial charge >= 0.3 is 5.82 Å². The van der Waals surface area contributed by atoms with Crippen LogP contribution < -0.4 is 4.74 Å². The van der Waals surface area contributed by atoms with E-state index in [1.807, 2.05) is 0 Å². The minimum absolute atomic E-state index is 0. The van der Waals surface area contributed by atoms with Crippen molar-refractivity contribution >= 4 is 48.0 Å². The van der Waals surface area contributed by atoms with Crippen molar-refractivity contribution < 1.29 is 9.66 Å². The van der Waals surface area contributed by atoms with E-state index in [-0.39, 0.29) is 41.1 Å². The molecule has 0 aliphatic carbocycles. The summed E-state index contributed by atoms with van der Waals surface area (Å²) in [5.41, 5.74) is 0. The molecular formula is C6H6N2NaO3S. The first-order valence-electron chi connectivity index (χ1n) is 3.02. The van der Waals surface area contributed by atoms with Crippen LogP contribution in [0.2, 0.25) is 0 Å². The van der Waals surface area contributed by atoms with Crippen LogP contribution >= 0.6 is 12.6 Å². The van der Waals surface area contributed by atoms with E-state index in [4.69, 9.17) is 4.74 Å². The normalized spacial score (nSPS) is 8.77. The van der Waals surface area contributed by atoms with Crippen molar-refractivity contribution in [2.45, 2.75) is 4.90 Å². The molecule has 5 nitrogen and oxygen atoms in total. The maximum absolute atomic E-state index is 10.3. The number of rotatable bonds is 2. The first-order valence-corrected chi connectivity index (χ1v) is 3.47. The topological polar surface area (TPSA) is 65.3 Å². The zero-order valence-electron chi connectivity index (χ0n) is 7.22. The van der Waals surface area contributed by atoms with Crippen LogP contribution in [0.5, 0.6) is 5.75 Å². The Balaban J connectivity index is 0.00000144. The first-order chi connectivity index (χ1) is 5.65. The second-order valence-corrected chi connectivity index (χ2v) is 2.49. The van der Waals surface area contributed by atoms with Crippen LogP contribution in [0.4, 0.5) is 5.82 Å². The number of methoxy groups -OCH3 is 1. The van der Waals surface area contributed by atoms with Gasteiger partial charge in [0, 0.05) is 35.6 Å². The van der Waals surface area contributed by atoms with Gasteiger partial charge in [0.05, 0.1) is 12.0 Å². The van der Waals surface area contributed by atoms with Crippen molar-refractivity contribution in [3.05, 3.63) is 22.4 Å². The monoisotopic (exact) mass is 209 g/mol. The zero-order valence-corrected chi connectivity index (χ0v) is 10.1. The number of hydrogen-bond acceptors (Lipinski definition) is 5. The maximum atomic E-state index is 10.3. The summed E-state index contributed by atoms with van der Waals surface area (Å²) in [6.45, 7) is 0. The molecule has 0 N–H and O–H groups in total. The molecule has 0 aromatic carbocycles. The molecule has 1 aromatic heterocycles. The van der Waals surface area contributed by atoms with Crippen molar-refractivity contribution in [1.29, 1.82) is 0 Å². The molecule has 0 fully saturated rings. The third kappa shape index (κ3) is 3.15. The second-order valence-electron chi connectivity index (χ2n) is 1.98. The number of nitro groups is 1. The molecule has 0 spiro atoms. The van der Waals surface area contributed by atoms with Gasteiger partial charge in [0.15, 0.2) is 6.20 Å². The average molecular weight is 209 g/mol. The molecule has 0 aliphatic heterocycles. The summed E-state index contributed by atoms with van der Waals surface area (Å²) in [7, 11) is 1.34. The van der Waals surface area contributed by atoms with Crippen molar-refractivity contribution in [3.63, 3.8) is 0 Å². The third-order valence-corrected chi connectivity index (χ3v) is 1.46. The standard InChI is InChI=1S/C6H6N2O3S.Na/c1-11-5-2-4(12)3-7-6(5)8(9)10;/h2-3,12H,1H3;. The molecule has 1 heterocycles. The SMILES string of the molecule is COc1cc(S)cnc1[N+](=O)[O-].[Na]. The molecule has 1 rings (SSSR count). The maximum Gasteiger partial charge on any atom is 0.406 e. The fourth-order valence-corrected chi connectivity index (χ4v) is 0.889. The van der Waals surface area contributed by atoms with E-state index in [2.05, 4.69) is 17.6 Å². The van der Waals surface area contributed by atoms with Crippen LogP contribution in [-0.2, 0) is 0 Å². The number of hydrogen-bond donors (Lipinski definition) is 1. The molecule has 0 atom stereocenters. The van der Waals surface area contributed by atoms with Crippen molar-refractivity contribution in [2.75, 3.05) is 7.11 Å². The number of ether oxygens (including phenoxy) is 1. The number of thiol groups is 1. The Morgan fingerprint density at radius 3 is 2.77 bits per heavy atom. The van der Waals surface area contributed by atoms with Gasteiger partial charge in [0.1, 0.15) is 0 Å². The Kier molecular flexibility index (Phi) is 5.31. The largest absolute Gasteiger partial charge is 0.489 e. The Bertz CT molecular complexity index is 321. The molecule has 13 heavy (non-hydrogen) atoms. The van der Waals surface area contributed by atoms with Gasteiger partial charge in [-0.2, -0.15) is 0 Å². The molecule has 0 saturated heterocycles. The Labute approximate surface area is 102 Å².